The second-order valence-electron chi connectivity index (χ2n) is 3.86. The number of nitrogens with zero attached hydrogens (tertiary/aromatic N) is 4. The van der Waals surface area contributed by atoms with Crippen molar-refractivity contribution in [2.24, 2.45) is 0 Å². The molecule has 0 atom stereocenters. The molecule has 1 saturated carbocycles. The highest BCUT2D eigenvalue weighted by Crippen LogP contribution is 2.19. The minimum Gasteiger partial charge on any atom is -0.407 e. The summed E-state index contributed by atoms with van der Waals surface area (Å²) in [5.41, 5.74) is 0. The van der Waals surface area contributed by atoms with E-state index in [2.05, 4.69) is 35.5 Å². The van der Waals surface area contributed by atoms with E-state index in [0.717, 1.165) is 0 Å². The molecule has 0 aliphatic heterocycles. The van der Waals surface area contributed by atoms with Gasteiger partial charge >= 0.3 is 6.01 Å². The van der Waals surface area contributed by atoms with Crippen LogP contribution in [0.5, 0.6) is 0 Å². The first-order valence-corrected chi connectivity index (χ1v) is 5.45. The number of aromatic nitrogens is 4. The number of nitrogens with one attached hydrogen (secondary N) is 2. The monoisotopic (exact) mass is 236 g/mol. The molecule has 90 valence electrons. The Morgan fingerprint density at radius 2 is 2.24 bits per heavy atom. The molecule has 1 aliphatic carbocycles. The Morgan fingerprint density at radius 1 is 1.29 bits per heavy atom. The van der Waals surface area contributed by atoms with Gasteiger partial charge in [-0.1, -0.05) is 10.3 Å². The SMILES string of the molecule is c1nc(CNc2nnc(CNC3CC3)o2)no1. The predicted octanol–water partition coefficient (Wildman–Crippen LogP) is 0.317. The maximum Gasteiger partial charge on any atom is 0.315 e. The van der Waals surface area contributed by atoms with Crippen molar-refractivity contribution in [1.82, 2.24) is 25.7 Å². The lowest BCUT2D eigenvalue weighted by atomic mass is 10.6. The van der Waals surface area contributed by atoms with Crippen molar-refractivity contribution in [3.8, 4) is 0 Å². The molecule has 0 aromatic carbocycles. The summed E-state index contributed by atoms with van der Waals surface area (Å²) in [4.78, 5) is 3.86. The fourth-order valence-electron chi connectivity index (χ4n) is 1.34. The van der Waals surface area contributed by atoms with E-state index in [1.165, 1.54) is 19.2 Å². The second kappa shape index (κ2) is 4.50. The van der Waals surface area contributed by atoms with Gasteiger partial charge in [0.05, 0.1) is 13.1 Å². The van der Waals surface area contributed by atoms with Crippen molar-refractivity contribution < 1.29 is 8.94 Å². The third-order valence-corrected chi connectivity index (χ3v) is 2.39. The highest BCUT2D eigenvalue weighted by molar-refractivity contribution is 5.17. The molecule has 17 heavy (non-hydrogen) atoms. The third-order valence-electron chi connectivity index (χ3n) is 2.39. The van der Waals surface area contributed by atoms with Gasteiger partial charge in [0.15, 0.2) is 5.82 Å². The van der Waals surface area contributed by atoms with E-state index >= 15 is 0 Å². The summed E-state index contributed by atoms with van der Waals surface area (Å²) in [7, 11) is 0. The Bertz CT molecular complexity index is 464. The van der Waals surface area contributed by atoms with E-state index in [0.29, 0.717) is 36.9 Å². The Kier molecular flexibility index (Phi) is 2.70. The molecule has 8 nitrogen and oxygen atoms in total. The fraction of sp³-hybridized carbons (Fsp3) is 0.556. The van der Waals surface area contributed by atoms with Gasteiger partial charge in [0.2, 0.25) is 12.3 Å². The molecule has 0 saturated heterocycles. The smallest absolute Gasteiger partial charge is 0.315 e. The van der Waals surface area contributed by atoms with E-state index in [1.807, 2.05) is 0 Å². The maximum atomic E-state index is 5.38. The van der Waals surface area contributed by atoms with Gasteiger partial charge in [0.25, 0.3) is 0 Å². The van der Waals surface area contributed by atoms with E-state index in [1.54, 1.807) is 0 Å². The van der Waals surface area contributed by atoms with Crippen molar-refractivity contribution in [2.45, 2.75) is 32.0 Å². The first-order valence-electron chi connectivity index (χ1n) is 5.45. The number of hydrogen-bond donors (Lipinski definition) is 2. The molecule has 2 heterocycles. The number of rotatable bonds is 6. The van der Waals surface area contributed by atoms with Crippen LogP contribution in [0.3, 0.4) is 0 Å². The Labute approximate surface area is 96.8 Å². The van der Waals surface area contributed by atoms with Crippen molar-refractivity contribution in [2.75, 3.05) is 5.32 Å². The molecule has 0 spiro atoms. The van der Waals surface area contributed by atoms with Gasteiger partial charge in [-0.3, -0.25) is 0 Å². The quantitative estimate of drug-likeness (QED) is 0.739. The highest BCUT2D eigenvalue weighted by Gasteiger charge is 2.21. The predicted molar refractivity (Wildman–Crippen MR) is 55.8 cm³/mol. The third kappa shape index (κ3) is 2.78. The molecule has 2 aromatic heterocycles. The summed E-state index contributed by atoms with van der Waals surface area (Å²) in [6, 6.07) is 0.986. The molecule has 0 amide bonds. The van der Waals surface area contributed by atoms with Gasteiger partial charge in [-0.25, -0.2) is 0 Å². The molecule has 1 fully saturated rings. The number of hydrogen-bond acceptors (Lipinski definition) is 8. The largest absolute Gasteiger partial charge is 0.407 e. The Hall–Kier alpha value is -1.96. The molecule has 1 aliphatic rings. The van der Waals surface area contributed by atoms with Crippen LogP contribution in [0.4, 0.5) is 6.01 Å². The lowest BCUT2D eigenvalue weighted by molar-refractivity contribution is 0.410. The summed E-state index contributed by atoms with van der Waals surface area (Å²) in [6.07, 6.45) is 3.74. The molecule has 8 heteroatoms. The average molecular weight is 236 g/mol. The lowest BCUT2D eigenvalue weighted by Crippen LogP contribution is -2.15. The van der Waals surface area contributed by atoms with E-state index in [4.69, 9.17) is 4.42 Å². The standard InChI is InChI=1S/C9H12N6O2/c1-2-6(1)10-4-8-13-14-9(17-8)11-3-7-12-5-16-15-7/h5-6,10H,1-4H2,(H,11,14). The zero-order chi connectivity index (χ0) is 11.5. The molecule has 0 bridgehead atoms. The lowest BCUT2D eigenvalue weighted by Gasteiger charge is -1.96. The van der Waals surface area contributed by atoms with Gasteiger partial charge in [0, 0.05) is 6.04 Å². The van der Waals surface area contributed by atoms with E-state index in [-0.39, 0.29) is 0 Å². The Morgan fingerprint density at radius 3 is 3.00 bits per heavy atom. The van der Waals surface area contributed by atoms with Crippen molar-refractivity contribution in [3.63, 3.8) is 0 Å². The second-order valence-corrected chi connectivity index (χ2v) is 3.86. The van der Waals surface area contributed by atoms with Gasteiger partial charge in [-0.2, -0.15) is 4.98 Å². The van der Waals surface area contributed by atoms with Crippen LogP contribution in [0.1, 0.15) is 24.6 Å². The van der Waals surface area contributed by atoms with Gasteiger partial charge in [-0.05, 0) is 12.8 Å². The van der Waals surface area contributed by atoms with E-state index in [9.17, 15) is 0 Å². The van der Waals surface area contributed by atoms with Crippen LogP contribution in [0.2, 0.25) is 0 Å². The van der Waals surface area contributed by atoms with Gasteiger partial charge < -0.3 is 19.6 Å². The zero-order valence-electron chi connectivity index (χ0n) is 9.09. The summed E-state index contributed by atoms with van der Waals surface area (Å²) in [5.74, 6) is 1.12. The first kappa shape index (κ1) is 10.2. The molecule has 2 aromatic rings. The van der Waals surface area contributed by atoms with Crippen molar-refractivity contribution in [1.29, 1.82) is 0 Å². The summed E-state index contributed by atoms with van der Waals surface area (Å²) in [6.45, 7) is 1.01. The van der Waals surface area contributed by atoms with Crippen LogP contribution in [0.15, 0.2) is 15.3 Å². The number of anilines is 1. The fourth-order valence-corrected chi connectivity index (χ4v) is 1.34. The normalized spacial score (nSPS) is 15.1. The van der Waals surface area contributed by atoms with Crippen LogP contribution in [-0.2, 0) is 13.1 Å². The van der Waals surface area contributed by atoms with Gasteiger partial charge in [-0.15, -0.1) is 5.10 Å². The summed E-state index contributed by atoms with van der Waals surface area (Å²) >= 11 is 0. The zero-order valence-corrected chi connectivity index (χ0v) is 9.09. The van der Waals surface area contributed by atoms with Gasteiger partial charge in [0.1, 0.15) is 0 Å². The highest BCUT2D eigenvalue weighted by atomic mass is 16.5. The average Bonchev–Trinajstić information content (AvgIpc) is 2.86. The summed E-state index contributed by atoms with van der Waals surface area (Å²) in [5, 5.41) is 17.6. The summed E-state index contributed by atoms with van der Waals surface area (Å²) < 4.78 is 9.98. The molecule has 0 unspecified atom stereocenters. The minimum absolute atomic E-state index is 0.363. The van der Waals surface area contributed by atoms with Crippen molar-refractivity contribution >= 4 is 6.01 Å². The minimum atomic E-state index is 0.363. The first-order chi connectivity index (χ1) is 8.40. The molecular formula is C9H12N6O2. The topological polar surface area (TPSA) is 102 Å². The Balaban J connectivity index is 1.49. The van der Waals surface area contributed by atoms with Crippen LogP contribution in [0.25, 0.3) is 0 Å². The van der Waals surface area contributed by atoms with Crippen LogP contribution in [-0.4, -0.2) is 26.4 Å². The molecule has 3 rings (SSSR count). The molecule has 2 N–H and O–H groups in total. The maximum absolute atomic E-state index is 5.38. The van der Waals surface area contributed by atoms with Crippen LogP contribution in [0, 0.1) is 0 Å². The van der Waals surface area contributed by atoms with Crippen LogP contribution < -0.4 is 10.6 Å². The van der Waals surface area contributed by atoms with Crippen molar-refractivity contribution in [3.05, 3.63) is 18.1 Å². The van der Waals surface area contributed by atoms with E-state index < -0.39 is 0 Å². The van der Waals surface area contributed by atoms with Crippen LogP contribution >= 0.6 is 0 Å². The molecule has 0 radical (unpaired) electrons. The molecular weight excluding hydrogens is 224 g/mol.